The van der Waals surface area contributed by atoms with E-state index in [2.05, 4.69) is 5.16 Å². The van der Waals surface area contributed by atoms with Crippen LogP contribution >= 0.6 is 11.6 Å². The first-order valence-corrected chi connectivity index (χ1v) is 4.78. The lowest BCUT2D eigenvalue weighted by Crippen LogP contribution is -1.86. The number of anilines is 1. The summed E-state index contributed by atoms with van der Waals surface area (Å²) >= 11 is 6.01. The van der Waals surface area contributed by atoms with Crippen LogP contribution < -0.4 is 10.5 Å². The molecule has 5 nitrogen and oxygen atoms in total. The molecule has 0 fully saturated rings. The summed E-state index contributed by atoms with van der Waals surface area (Å²) < 4.78 is 9.65. The zero-order chi connectivity index (χ0) is 11.7. The Hall–Kier alpha value is -1.88. The summed E-state index contributed by atoms with van der Waals surface area (Å²) in [5, 5.41) is 13.7. The molecule has 1 aromatic carbocycles. The first-order valence-electron chi connectivity index (χ1n) is 4.41. The van der Waals surface area contributed by atoms with Crippen molar-refractivity contribution in [3.05, 3.63) is 23.2 Å². The molecular formula is C10H9ClN2O3. The van der Waals surface area contributed by atoms with Crippen molar-refractivity contribution >= 4 is 17.5 Å². The Morgan fingerprint density at radius 3 is 2.75 bits per heavy atom. The second-order valence-electron chi connectivity index (χ2n) is 3.12. The first-order chi connectivity index (χ1) is 7.61. The predicted molar refractivity (Wildman–Crippen MR) is 59.6 cm³/mol. The highest BCUT2D eigenvalue weighted by molar-refractivity contribution is 6.33. The minimum Gasteiger partial charge on any atom is -0.504 e. The van der Waals surface area contributed by atoms with Crippen molar-refractivity contribution in [2.75, 3.05) is 12.8 Å². The van der Waals surface area contributed by atoms with Gasteiger partial charge >= 0.3 is 0 Å². The fourth-order valence-electron chi connectivity index (χ4n) is 1.32. The molecule has 1 heterocycles. The van der Waals surface area contributed by atoms with Gasteiger partial charge < -0.3 is 20.1 Å². The summed E-state index contributed by atoms with van der Waals surface area (Å²) in [6, 6.07) is 4.46. The Morgan fingerprint density at radius 1 is 1.44 bits per heavy atom. The van der Waals surface area contributed by atoms with Gasteiger partial charge in [0.25, 0.3) is 0 Å². The molecule has 16 heavy (non-hydrogen) atoms. The number of aromatic hydroxyl groups is 1. The number of aromatic nitrogens is 1. The minimum atomic E-state index is -0.0246. The third-order valence-corrected chi connectivity index (χ3v) is 2.39. The van der Waals surface area contributed by atoms with Gasteiger partial charge in [0, 0.05) is 17.7 Å². The number of phenols is 1. The highest BCUT2D eigenvalue weighted by Crippen LogP contribution is 2.37. The largest absolute Gasteiger partial charge is 0.504 e. The third kappa shape index (κ3) is 1.77. The molecule has 0 saturated heterocycles. The van der Waals surface area contributed by atoms with E-state index in [0.29, 0.717) is 22.0 Å². The first kappa shape index (κ1) is 10.6. The van der Waals surface area contributed by atoms with Gasteiger partial charge in [-0.1, -0.05) is 16.8 Å². The van der Waals surface area contributed by atoms with Crippen molar-refractivity contribution < 1.29 is 14.4 Å². The summed E-state index contributed by atoms with van der Waals surface area (Å²) in [6.07, 6.45) is 0. The van der Waals surface area contributed by atoms with Gasteiger partial charge in [0.2, 0.25) is 5.88 Å². The van der Waals surface area contributed by atoms with E-state index in [-0.39, 0.29) is 11.6 Å². The summed E-state index contributed by atoms with van der Waals surface area (Å²) in [6.45, 7) is 0. The van der Waals surface area contributed by atoms with Crippen LogP contribution in [0.1, 0.15) is 0 Å². The van der Waals surface area contributed by atoms with E-state index in [0.717, 1.165) is 0 Å². The molecule has 0 unspecified atom stereocenters. The van der Waals surface area contributed by atoms with Gasteiger partial charge in [-0.3, -0.25) is 0 Å². The molecule has 6 heteroatoms. The topological polar surface area (TPSA) is 81.5 Å². The fraction of sp³-hybridized carbons (Fsp3) is 0.100. The highest BCUT2D eigenvalue weighted by Gasteiger charge is 2.13. The van der Waals surface area contributed by atoms with Gasteiger partial charge in [-0.05, 0) is 6.07 Å². The maximum Gasteiger partial charge on any atom is 0.222 e. The van der Waals surface area contributed by atoms with Crippen molar-refractivity contribution in [1.29, 1.82) is 0 Å². The van der Waals surface area contributed by atoms with Gasteiger partial charge in [0.1, 0.15) is 5.69 Å². The lowest BCUT2D eigenvalue weighted by molar-refractivity contribution is 0.373. The highest BCUT2D eigenvalue weighted by atomic mass is 35.5. The molecule has 0 amide bonds. The SMILES string of the molecule is COc1cc(Cl)c(-c2cc(N)on2)cc1O. The van der Waals surface area contributed by atoms with Gasteiger partial charge in [-0.25, -0.2) is 0 Å². The van der Waals surface area contributed by atoms with E-state index in [1.54, 1.807) is 0 Å². The zero-order valence-electron chi connectivity index (χ0n) is 8.40. The van der Waals surface area contributed by atoms with Gasteiger partial charge in [-0.2, -0.15) is 0 Å². The molecule has 0 aliphatic carbocycles. The molecule has 2 aromatic rings. The quantitative estimate of drug-likeness (QED) is 0.842. The molecular weight excluding hydrogens is 232 g/mol. The van der Waals surface area contributed by atoms with E-state index in [1.165, 1.54) is 25.3 Å². The minimum absolute atomic E-state index is 0.0246. The lowest BCUT2D eigenvalue weighted by Gasteiger charge is -2.06. The van der Waals surface area contributed by atoms with E-state index >= 15 is 0 Å². The van der Waals surface area contributed by atoms with Crippen LogP contribution in [0.4, 0.5) is 5.88 Å². The number of nitrogens with two attached hydrogens (primary N) is 1. The summed E-state index contributed by atoms with van der Waals surface area (Å²) in [7, 11) is 1.44. The maximum atomic E-state index is 9.61. The molecule has 3 N–H and O–H groups in total. The van der Waals surface area contributed by atoms with Crippen molar-refractivity contribution in [1.82, 2.24) is 5.16 Å². The number of hydrogen-bond donors (Lipinski definition) is 2. The van der Waals surface area contributed by atoms with Crippen LogP contribution in [0.15, 0.2) is 22.7 Å². The Morgan fingerprint density at radius 2 is 2.19 bits per heavy atom. The Bertz CT molecular complexity index is 525. The molecule has 2 rings (SSSR count). The monoisotopic (exact) mass is 240 g/mol. The molecule has 0 atom stereocenters. The number of phenolic OH excluding ortho intramolecular Hbond substituents is 1. The number of halogens is 1. The molecule has 0 saturated carbocycles. The molecule has 0 radical (unpaired) electrons. The number of ether oxygens (including phenoxy) is 1. The van der Waals surface area contributed by atoms with Gasteiger partial charge in [0.15, 0.2) is 11.5 Å². The predicted octanol–water partition coefficient (Wildman–Crippen LogP) is 2.29. The molecule has 0 bridgehead atoms. The van der Waals surface area contributed by atoms with E-state index in [1.807, 2.05) is 0 Å². The average molecular weight is 241 g/mol. The Kier molecular flexibility index (Phi) is 2.62. The second-order valence-corrected chi connectivity index (χ2v) is 3.53. The fourth-order valence-corrected chi connectivity index (χ4v) is 1.57. The molecule has 0 spiro atoms. The van der Waals surface area contributed by atoms with Crippen molar-refractivity contribution in [2.24, 2.45) is 0 Å². The summed E-state index contributed by atoms with van der Waals surface area (Å²) in [4.78, 5) is 0. The van der Waals surface area contributed by atoms with Crippen LogP contribution in [-0.4, -0.2) is 17.4 Å². The number of nitrogen functional groups attached to an aromatic ring is 1. The number of benzene rings is 1. The molecule has 1 aromatic heterocycles. The second kappa shape index (κ2) is 3.94. The number of rotatable bonds is 2. The summed E-state index contributed by atoms with van der Waals surface area (Å²) in [5.74, 6) is 0.454. The molecule has 84 valence electrons. The van der Waals surface area contributed by atoms with E-state index in [4.69, 9.17) is 26.6 Å². The number of nitrogens with zero attached hydrogens (tertiary/aromatic N) is 1. The molecule has 0 aliphatic rings. The maximum absolute atomic E-state index is 9.61. The lowest BCUT2D eigenvalue weighted by atomic mass is 10.1. The smallest absolute Gasteiger partial charge is 0.222 e. The van der Waals surface area contributed by atoms with E-state index in [9.17, 15) is 5.11 Å². The molecule has 0 aliphatic heterocycles. The average Bonchev–Trinajstić information content (AvgIpc) is 2.67. The van der Waals surface area contributed by atoms with Crippen LogP contribution in [0.2, 0.25) is 5.02 Å². The van der Waals surface area contributed by atoms with Crippen LogP contribution in [-0.2, 0) is 0 Å². The van der Waals surface area contributed by atoms with Crippen LogP contribution in [0.3, 0.4) is 0 Å². The zero-order valence-corrected chi connectivity index (χ0v) is 9.15. The number of hydrogen-bond acceptors (Lipinski definition) is 5. The standard InChI is InChI=1S/C10H9ClN2O3/c1-15-9-3-6(11)5(2-8(9)14)7-4-10(12)16-13-7/h2-4,14H,12H2,1H3. The van der Waals surface area contributed by atoms with Crippen LogP contribution in [0.5, 0.6) is 11.5 Å². The van der Waals surface area contributed by atoms with Gasteiger partial charge in [0.05, 0.1) is 12.1 Å². The van der Waals surface area contributed by atoms with E-state index < -0.39 is 0 Å². The Balaban J connectivity index is 2.54. The normalized spacial score (nSPS) is 10.4. The van der Waals surface area contributed by atoms with Crippen molar-refractivity contribution in [3.63, 3.8) is 0 Å². The van der Waals surface area contributed by atoms with Crippen molar-refractivity contribution in [3.8, 4) is 22.8 Å². The van der Waals surface area contributed by atoms with Gasteiger partial charge in [-0.15, -0.1) is 0 Å². The Labute approximate surface area is 96.4 Å². The third-order valence-electron chi connectivity index (χ3n) is 2.07. The summed E-state index contributed by atoms with van der Waals surface area (Å²) in [5.41, 5.74) is 6.39. The van der Waals surface area contributed by atoms with Crippen LogP contribution in [0, 0.1) is 0 Å². The van der Waals surface area contributed by atoms with Crippen LogP contribution in [0.25, 0.3) is 11.3 Å². The number of methoxy groups -OCH3 is 1. The van der Waals surface area contributed by atoms with Crippen molar-refractivity contribution in [2.45, 2.75) is 0 Å².